The molecule has 6 nitrogen and oxygen atoms in total. The van der Waals surface area contributed by atoms with Crippen LogP contribution >= 0.6 is 0 Å². The largest absolute Gasteiger partial charge is 0.451 e. The fourth-order valence-electron chi connectivity index (χ4n) is 4.65. The number of benzene rings is 1. The molecule has 150 valence electrons. The number of methoxy groups -OCH3 is 1. The molecule has 0 bridgehead atoms. The molecule has 3 heterocycles. The summed E-state index contributed by atoms with van der Waals surface area (Å²) in [4.78, 5) is 28.6. The zero-order valence-electron chi connectivity index (χ0n) is 16.4. The van der Waals surface area contributed by atoms with Crippen molar-refractivity contribution in [2.24, 2.45) is 11.8 Å². The van der Waals surface area contributed by atoms with Gasteiger partial charge in [0.1, 0.15) is 12.2 Å². The molecule has 4 rings (SSSR count). The summed E-state index contributed by atoms with van der Waals surface area (Å²) in [6.45, 7) is 3.38. The standard InChI is InChI=1S/C22H28N2O4/c1-27-15-21(25)23-10-6-16(7-11-23)17-8-12-24(13-9-17)22(26)20-14-18-4-2-3-5-19(18)28-20/h2-5,14,16-17H,6-13,15H2,1H3. The minimum absolute atomic E-state index is 0.00497. The van der Waals surface area contributed by atoms with E-state index >= 15 is 0 Å². The lowest BCUT2D eigenvalue weighted by molar-refractivity contribution is -0.136. The van der Waals surface area contributed by atoms with Crippen LogP contribution in [-0.4, -0.2) is 61.5 Å². The zero-order chi connectivity index (χ0) is 19.5. The van der Waals surface area contributed by atoms with Gasteiger partial charge in [0.2, 0.25) is 5.91 Å². The molecular formula is C22H28N2O4. The first kappa shape index (κ1) is 19.0. The van der Waals surface area contributed by atoms with E-state index in [0.717, 1.165) is 62.8 Å². The summed E-state index contributed by atoms with van der Waals surface area (Å²) in [5.41, 5.74) is 0.760. The first-order chi connectivity index (χ1) is 13.7. The molecule has 2 fully saturated rings. The summed E-state index contributed by atoms with van der Waals surface area (Å²) in [5.74, 6) is 1.81. The van der Waals surface area contributed by atoms with E-state index in [9.17, 15) is 9.59 Å². The Hall–Kier alpha value is -2.34. The quantitative estimate of drug-likeness (QED) is 0.812. The van der Waals surface area contributed by atoms with E-state index in [4.69, 9.17) is 9.15 Å². The summed E-state index contributed by atoms with van der Waals surface area (Å²) >= 11 is 0. The van der Waals surface area contributed by atoms with Crippen LogP contribution in [0.25, 0.3) is 11.0 Å². The van der Waals surface area contributed by atoms with Gasteiger partial charge in [0.05, 0.1) is 0 Å². The molecule has 0 radical (unpaired) electrons. The number of carbonyl (C=O) groups is 2. The van der Waals surface area contributed by atoms with Gasteiger partial charge in [0, 0.05) is 38.7 Å². The van der Waals surface area contributed by atoms with Gasteiger partial charge >= 0.3 is 0 Å². The van der Waals surface area contributed by atoms with Crippen molar-refractivity contribution in [1.82, 2.24) is 9.80 Å². The van der Waals surface area contributed by atoms with Crippen LogP contribution < -0.4 is 0 Å². The second-order valence-electron chi connectivity index (χ2n) is 7.93. The number of rotatable bonds is 4. The third-order valence-corrected chi connectivity index (χ3v) is 6.29. The van der Waals surface area contributed by atoms with Gasteiger partial charge in [-0.2, -0.15) is 0 Å². The van der Waals surface area contributed by atoms with Crippen molar-refractivity contribution in [2.75, 3.05) is 39.9 Å². The molecular weight excluding hydrogens is 356 g/mol. The van der Waals surface area contributed by atoms with Crippen LogP contribution in [0.15, 0.2) is 34.7 Å². The lowest BCUT2D eigenvalue weighted by Crippen LogP contribution is -2.44. The average molecular weight is 384 g/mol. The molecule has 2 saturated heterocycles. The van der Waals surface area contributed by atoms with E-state index < -0.39 is 0 Å². The highest BCUT2D eigenvalue weighted by Crippen LogP contribution is 2.33. The molecule has 0 saturated carbocycles. The predicted octanol–water partition coefficient (Wildman–Crippen LogP) is 3.17. The number of likely N-dealkylation sites (tertiary alicyclic amines) is 2. The molecule has 0 spiro atoms. The smallest absolute Gasteiger partial charge is 0.289 e. The molecule has 2 amide bonds. The van der Waals surface area contributed by atoms with Gasteiger partial charge in [0.25, 0.3) is 5.91 Å². The fraction of sp³-hybridized carbons (Fsp3) is 0.545. The Labute approximate surface area is 165 Å². The topological polar surface area (TPSA) is 63.0 Å². The molecule has 0 N–H and O–H groups in total. The van der Waals surface area contributed by atoms with Gasteiger partial charge in [-0.1, -0.05) is 18.2 Å². The van der Waals surface area contributed by atoms with Crippen molar-refractivity contribution in [3.8, 4) is 0 Å². The number of nitrogens with zero attached hydrogens (tertiary/aromatic N) is 2. The highest BCUT2D eigenvalue weighted by Gasteiger charge is 2.32. The Morgan fingerprint density at radius 2 is 1.61 bits per heavy atom. The molecule has 2 aliphatic heterocycles. The highest BCUT2D eigenvalue weighted by atomic mass is 16.5. The number of para-hydroxylation sites is 1. The number of hydrogen-bond acceptors (Lipinski definition) is 4. The normalized spacial score (nSPS) is 19.3. The molecule has 1 aromatic carbocycles. The van der Waals surface area contributed by atoms with E-state index in [0.29, 0.717) is 17.6 Å². The van der Waals surface area contributed by atoms with E-state index in [1.54, 1.807) is 7.11 Å². The number of amides is 2. The summed E-state index contributed by atoms with van der Waals surface area (Å²) < 4.78 is 10.7. The highest BCUT2D eigenvalue weighted by molar-refractivity contribution is 5.96. The monoisotopic (exact) mass is 384 g/mol. The summed E-state index contributed by atoms with van der Waals surface area (Å²) in [6, 6.07) is 9.57. The first-order valence-electron chi connectivity index (χ1n) is 10.2. The van der Waals surface area contributed by atoms with Crippen molar-refractivity contribution >= 4 is 22.8 Å². The second kappa shape index (κ2) is 8.35. The number of carbonyl (C=O) groups excluding carboxylic acids is 2. The Kier molecular flexibility index (Phi) is 5.67. The van der Waals surface area contributed by atoms with Gasteiger partial charge in [-0.15, -0.1) is 0 Å². The van der Waals surface area contributed by atoms with Crippen LogP contribution in [0.5, 0.6) is 0 Å². The molecule has 28 heavy (non-hydrogen) atoms. The van der Waals surface area contributed by atoms with Crippen LogP contribution in [-0.2, 0) is 9.53 Å². The fourth-order valence-corrected chi connectivity index (χ4v) is 4.65. The third-order valence-electron chi connectivity index (χ3n) is 6.29. The van der Waals surface area contributed by atoms with E-state index in [-0.39, 0.29) is 18.4 Å². The molecule has 1 aromatic heterocycles. The van der Waals surface area contributed by atoms with Crippen LogP contribution in [0.4, 0.5) is 0 Å². The van der Waals surface area contributed by atoms with Crippen LogP contribution in [0.2, 0.25) is 0 Å². The Bertz CT molecular complexity index is 797. The van der Waals surface area contributed by atoms with Crippen molar-refractivity contribution in [2.45, 2.75) is 25.7 Å². The minimum atomic E-state index is -0.00497. The lowest BCUT2D eigenvalue weighted by Gasteiger charge is -2.40. The van der Waals surface area contributed by atoms with Gasteiger partial charge in [-0.3, -0.25) is 9.59 Å². The summed E-state index contributed by atoms with van der Waals surface area (Å²) in [7, 11) is 1.56. The number of fused-ring (bicyclic) bond motifs is 1. The maximum atomic E-state index is 12.8. The Balaban J connectivity index is 1.29. The van der Waals surface area contributed by atoms with E-state index in [1.165, 1.54) is 0 Å². The maximum Gasteiger partial charge on any atom is 0.289 e. The number of ether oxygens (including phenoxy) is 1. The Morgan fingerprint density at radius 3 is 2.21 bits per heavy atom. The zero-order valence-corrected chi connectivity index (χ0v) is 16.4. The summed E-state index contributed by atoms with van der Waals surface area (Å²) in [6.07, 6.45) is 4.17. The van der Waals surface area contributed by atoms with Crippen LogP contribution in [0, 0.1) is 11.8 Å². The average Bonchev–Trinajstić information content (AvgIpc) is 3.18. The van der Waals surface area contributed by atoms with Gasteiger partial charge in [-0.05, 0) is 49.7 Å². The molecule has 0 aliphatic carbocycles. The molecule has 2 aromatic rings. The number of hydrogen-bond donors (Lipinski definition) is 0. The maximum absolute atomic E-state index is 12.8. The Morgan fingerprint density at radius 1 is 1.00 bits per heavy atom. The second-order valence-corrected chi connectivity index (χ2v) is 7.93. The molecule has 0 unspecified atom stereocenters. The number of furan rings is 1. The minimum Gasteiger partial charge on any atom is -0.451 e. The van der Waals surface area contributed by atoms with Gasteiger partial charge in [0.15, 0.2) is 5.76 Å². The molecule has 2 aliphatic rings. The number of piperidine rings is 2. The SMILES string of the molecule is COCC(=O)N1CCC(C2CCN(C(=O)c3cc4ccccc4o3)CC2)CC1. The van der Waals surface area contributed by atoms with Crippen molar-refractivity contribution in [3.63, 3.8) is 0 Å². The summed E-state index contributed by atoms with van der Waals surface area (Å²) in [5, 5.41) is 0.968. The van der Waals surface area contributed by atoms with Crippen molar-refractivity contribution in [1.29, 1.82) is 0 Å². The predicted molar refractivity (Wildman–Crippen MR) is 106 cm³/mol. The van der Waals surface area contributed by atoms with E-state index in [2.05, 4.69) is 0 Å². The van der Waals surface area contributed by atoms with Gasteiger partial charge in [-0.25, -0.2) is 0 Å². The molecule has 6 heteroatoms. The van der Waals surface area contributed by atoms with Crippen molar-refractivity contribution < 1.29 is 18.7 Å². The van der Waals surface area contributed by atoms with E-state index in [1.807, 2.05) is 40.1 Å². The van der Waals surface area contributed by atoms with Crippen molar-refractivity contribution in [3.05, 3.63) is 36.1 Å². The third kappa shape index (κ3) is 3.92. The lowest BCUT2D eigenvalue weighted by atomic mass is 9.78. The molecule has 0 atom stereocenters. The van der Waals surface area contributed by atoms with Crippen LogP contribution in [0.3, 0.4) is 0 Å². The van der Waals surface area contributed by atoms with Gasteiger partial charge < -0.3 is 19.0 Å². The first-order valence-corrected chi connectivity index (χ1v) is 10.2. The van der Waals surface area contributed by atoms with Crippen LogP contribution in [0.1, 0.15) is 36.2 Å².